The lowest BCUT2D eigenvalue weighted by Gasteiger charge is -2.20. The molecular formula is C30H25FN2O2. The highest BCUT2D eigenvalue weighted by Gasteiger charge is 2.40. The van der Waals surface area contributed by atoms with E-state index in [1.54, 1.807) is 6.07 Å². The van der Waals surface area contributed by atoms with Crippen LogP contribution in [0.2, 0.25) is 0 Å². The van der Waals surface area contributed by atoms with Crippen LogP contribution in [0.15, 0.2) is 96.7 Å². The minimum Gasteiger partial charge on any atom is -0.350 e. The lowest BCUT2D eigenvalue weighted by atomic mass is 9.87. The average Bonchev–Trinajstić information content (AvgIpc) is 3.08. The molecule has 0 unspecified atom stereocenters. The smallest absolute Gasteiger partial charge is 0.282 e. The van der Waals surface area contributed by atoms with Crippen LogP contribution in [0, 0.1) is 5.82 Å². The van der Waals surface area contributed by atoms with Gasteiger partial charge in [0.1, 0.15) is 11.5 Å². The summed E-state index contributed by atoms with van der Waals surface area (Å²) in [6, 6.07) is 26.6. The summed E-state index contributed by atoms with van der Waals surface area (Å²) >= 11 is 0. The van der Waals surface area contributed by atoms with E-state index in [1.807, 2.05) is 60.7 Å². The number of nitrogens with one attached hydrogen (secondary N) is 1. The maximum absolute atomic E-state index is 13.8. The van der Waals surface area contributed by atoms with Crippen molar-refractivity contribution in [1.29, 1.82) is 0 Å². The first kappa shape index (κ1) is 22.5. The number of hydrogen-bond donors (Lipinski definition) is 1. The van der Waals surface area contributed by atoms with E-state index < -0.39 is 17.6 Å². The van der Waals surface area contributed by atoms with Gasteiger partial charge in [-0.2, -0.15) is 0 Å². The summed E-state index contributed by atoms with van der Waals surface area (Å²) in [5.41, 5.74) is 3.19. The number of carbonyl (C=O) groups excluding carboxylic acids is 2. The molecule has 0 aromatic heterocycles. The molecular weight excluding hydrogens is 439 g/mol. The molecule has 35 heavy (non-hydrogen) atoms. The van der Waals surface area contributed by atoms with Gasteiger partial charge in [0.15, 0.2) is 0 Å². The second-order valence-corrected chi connectivity index (χ2v) is 9.65. The van der Waals surface area contributed by atoms with Crippen LogP contribution in [0.5, 0.6) is 0 Å². The van der Waals surface area contributed by atoms with E-state index in [9.17, 15) is 14.0 Å². The zero-order valence-corrected chi connectivity index (χ0v) is 19.8. The molecule has 0 saturated carbocycles. The second kappa shape index (κ2) is 8.51. The number of nitrogens with zero attached hydrogens (tertiary/aromatic N) is 1. The molecule has 0 atom stereocenters. The van der Waals surface area contributed by atoms with Gasteiger partial charge in [-0.25, -0.2) is 9.29 Å². The van der Waals surface area contributed by atoms with Gasteiger partial charge in [-0.3, -0.25) is 9.59 Å². The molecule has 0 saturated heterocycles. The van der Waals surface area contributed by atoms with Crippen molar-refractivity contribution < 1.29 is 14.0 Å². The van der Waals surface area contributed by atoms with Crippen molar-refractivity contribution in [3.8, 4) is 0 Å². The zero-order valence-electron chi connectivity index (χ0n) is 19.8. The summed E-state index contributed by atoms with van der Waals surface area (Å²) in [7, 11) is 0. The summed E-state index contributed by atoms with van der Waals surface area (Å²) in [4.78, 5) is 28.7. The van der Waals surface area contributed by atoms with Crippen LogP contribution in [0.4, 0.5) is 15.8 Å². The van der Waals surface area contributed by atoms with E-state index in [4.69, 9.17) is 0 Å². The van der Waals surface area contributed by atoms with E-state index in [2.05, 4.69) is 26.1 Å². The van der Waals surface area contributed by atoms with Crippen molar-refractivity contribution in [3.05, 3.63) is 114 Å². The maximum atomic E-state index is 13.8. The number of amides is 2. The Morgan fingerprint density at radius 1 is 0.743 bits per heavy atom. The number of fused-ring (bicyclic) bond motifs is 1. The monoisotopic (exact) mass is 464 g/mol. The quantitative estimate of drug-likeness (QED) is 0.343. The van der Waals surface area contributed by atoms with Gasteiger partial charge in [0, 0.05) is 11.1 Å². The van der Waals surface area contributed by atoms with E-state index >= 15 is 0 Å². The van der Waals surface area contributed by atoms with Crippen LogP contribution in [0.1, 0.15) is 31.9 Å². The number of imide groups is 1. The average molecular weight is 465 g/mol. The van der Waals surface area contributed by atoms with Gasteiger partial charge in [-0.05, 0) is 52.3 Å². The highest BCUT2D eigenvalue weighted by atomic mass is 19.1. The van der Waals surface area contributed by atoms with E-state index in [0.717, 1.165) is 16.3 Å². The number of benzene rings is 4. The summed E-state index contributed by atoms with van der Waals surface area (Å²) < 4.78 is 13.6. The fraction of sp³-hybridized carbons (Fsp3) is 0.133. The summed E-state index contributed by atoms with van der Waals surface area (Å²) in [6.07, 6.45) is 0. The Balaban J connectivity index is 1.61. The topological polar surface area (TPSA) is 49.4 Å². The Labute approximate surface area is 203 Å². The number of halogens is 1. The molecule has 1 aliphatic heterocycles. The minimum absolute atomic E-state index is 0.0125. The molecule has 0 aliphatic carbocycles. The van der Waals surface area contributed by atoms with Crippen LogP contribution in [-0.2, 0) is 15.0 Å². The van der Waals surface area contributed by atoms with Gasteiger partial charge >= 0.3 is 0 Å². The lowest BCUT2D eigenvalue weighted by molar-refractivity contribution is -0.120. The first-order valence-electron chi connectivity index (χ1n) is 11.5. The predicted molar refractivity (Wildman–Crippen MR) is 139 cm³/mol. The first-order chi connectivity index (χ1) is 16.7. The molecule has 4 aromatic rings. The highest BCUT2D eigenvalue weighted by molar-refractivity contribution is 6.47. The van der Waals surface area contributed by atoms with Crippen LogP contribution in [0.3, 0.4) is 0 Å². The van der Waals surface area contributed by atoms with Crippen molar-refractivity contribution in [3.63, 3.8) is 0 Å². The van der Waals surface area contributed by atoms with Crippen LogP contribution < -0.4 is 10.2 Å². The van der Waals surface area contributed by atoms with Gasteiger partial charge < -0.3 is 5.32 Å². The number of carbonyl (C=O) groups is 2. The Hall–Kier alpha value is -4.25. The molecule has 174 valence electrons. The molecule has 0 fully saturated rings. The van der Waals surface area contributed by atoms with Gasteiger partial charge in [-0.15, -0.1) is 0 Å². The standard InChI is InChI=1S/C30H25FN2O2/c1-30(2,3)21-13-17-23(18-14-21)32-27-26(20-11-15-22(31)16-12-20)28(34)33(29(27)35)25-10-6-8-19-7-4-5-9-24(19)25/h4-18,32H,1-3H3. The van der Waals surface area contributed by atoms with Gasteiger partial charge in [0.2, 0.25) is 0 Å². The van der Waals surface area contributed by atoms with E-state index in [-0.39, 0.29) is 16.7 Å². The third-order valence-corrected chi connectivity index (χ3v) is 6.24. The first-order valence-corrected chi connectivity index (χ1v) is 11.5. The molecule has 0 bridgehead atoms. The molecule has 5 heteroatoms. The van der Waals surface area contributed by atoms with Gasteiger partial charge in [0.05, 0.1) is 11.3 Å². The summed E-state index contributed by atoms with van der Waals surface area (Å²) in [5, 5.41) is 4.91. The molecule has 4 nitrogen and oxygen atoms in total. The fourth-order valence-corrected chi connectivity index (χ4v) is 4.35. The third-order valence-electron chi connectivity index (χ3n) is 6.24. The maximum Gasteiger partial charge on any atom is 0.282 e. The fourth-order valence-electron chi connectivity index (χ4n) is 4.35. The Morgan fingerprint density at radius 2 is 1.40 bits per heavy atom. The summed E-state index contributed by atoms with van der Waals surface area (Å²) in [6.45, 7) is 6.39. The van der Waals surface area contributed by atoms with Gasteiger partial charge in [0.25, 0.3) is 11.8 Å². The minimum atomic E-state index is -0.453. The van der Waals surface area contributed by atoms with Crippen LogP contribution >= 0.6 is 0 Å². The van der Waals surface area contributed by atoms with Crippen molar-refractivity contribution >= 4 is 39.5 Å². The highest BCUT2D eigenvalue weighted by Crippen LogP contribution is 2.37. The molecule has 0 spiro atoms. The molecule has 1 heterocycles. The molecule has 1 N–H and O–H groups in total. The predicted octanol–water partition coefficient (Wildman–Crippen LogP) is 6.67. The largest absolute Gasteiger partial charge is 0.350 e. The Bertz CT molecular complexity index is 1470. The molecule has 5 rings (SSSR count). The lowest BCUT2D eigenvalue weighted by Crippen LogP contribution is -2.32. The normalized spacial score (nSPS) is 14.2. The SMILES string of the molecule is CC(C)(C)c1ccc(NC2=C(c3ccc(F)cc3)C(=O)N(c3cccc4ccccc34)C2=O)cc1. The number of anilines is 2. The number of rotatable bonds is 4. The van der Waals surface area contributed by atoms with Crippen molar-refractivity contribution in [2.24, 2.45) is 0 Å². The molecule has 1 aliphatic rings. The third kappa shape index (κ3) is 4.10. The Morgan fingerprint density at radius 3 is 2.09 bits per heavy atom. The molecule has 4 aromatic carbocycles. The molecule has 0 radical (unpaired) electrons. The van der Waals surface area contributed by atoms with Crippen LogP contribution in [0.25, 0.3) is 16.3 Å². The summed E-state index contributed by atoms with van der Waals surface area (Å²) in [5.74, 6) is -1.32. The van der Waals surface area contributed by atoms with E-state index in [0.29, 0.717) is 16.9 Å². The zero-order chi connectivity index (χ0) is 24.7. The van der Waals surface area contributed by atoms with Crippen molar-refractivity contribution in [2.75, 3.05) is 10.2 Å². The van der Waals surface area contributed by atoms with E-state index in [1.165, 1.54) is 29.2 Å². The van der Waals surface area contributed by atoms with Crippen molar-refractivity contribution in [2.45, 2.75) is 26.2 Å². The van der Waals surface area contributed by atoms with Crippen LogP contribution in [-0.4, -0.2) is 11.8 Å². The van der Waals surface area contributed by atoms with Gasteiger partial charge in [-0.1, -0.05) is 81.4 Å². The second-order valence-electron chi connectivity index (χ2n) is 9.65. The number of hydrogen-bond acceptors (Lipinski definition) is 3. The molecule has 2 amide bonds. The Kier molecular flexibility index (Phi) is 5.48. The van der Waals surface area contributed by atoms with Crippen molar-refractivity contribution in [1.82, 2.24) is 0 Å².